The molecule has 0 radical (unpaired) electrons. The zero-order chi connectivity index (χ0) is 21.8. The quantitative estimate of drug-likeness (QED) is 0.458. The molecule has 1 amide bonds. The number of ether oxygens (including phenoxy) is 1. The Labute approximate surface area is 177 Å². The minimum absolute atomic E-state index is 0.124. The molecule has 0 aliphatic heterocycles. The van der Waals surface area contributed by atoms with Crippen molar-refractivity contribution < 1.29 is 22.9 Å². The highest BCUT2D eigenvalue weighted by atomic mass is 19.1. The monoisotopic (exact) mass is 424 g/mol. The minimum atomic E-state index is -0.303. The van der Waals surface area contributed by atoms with Gasteiger partial charge in [-0.3, -0.25) is 9.48 Å². The zero-order valence-corrected chi connectivity index (χ0v) is 17.1. The van der Waals surface area contributed by atoms with Gasteiger partial charge in [0.1, 0.15) is 18.1 Å². The average molecular weight is 424 g/mol. The number of furan rings is 1. The van der Waals surface area contributed by atoms with Crippen LogP contribution < -0.4 is 5.32 Å². The van der Waals surface area contributed by atoms with Crippen molar-refractivity contribution in [1.82, 2.24) is 14.9 Å². The molecule has 0 unspecified atom stereocenters. The van der Waals surface area contributed by atoms with Gasteiger partial charge in [-0.2, -0.15) is 5.10 Å². The number of benzene rings is 1. The number of aromatic nitrogens is 3. The second-order valence-corrected chi connectivity index (χ2v) is 7.03. The number of nitrogens with one attached hydrogen (secondary N) is 1. The first-order valence-electron chi connectivity index (χ1n) is 9.65. The number of carbonyl (C=O) groups excluding carboxylic acids is 1. The molecule has 0 aliphatic carbocycles. The van der Waals surface area contributed by atoms with Crippen LogP contribution in [0.4, 0.5) is 10.1 Å². The van der Waals surface area contributed by atoms with E-state index < -0.39 is 0 Å². The van der Waals surface area contributed by atoms with E-state index in [2.05, 4.69) is 15.6 Å². The van der Waals surface area contributed by atoms with Gasteiger partial charge >= 0.3 is 0 Å². The fourth-order valence-corrected chi connectivity index (χ4v) is 3.13. The molecule has 0 saturated heterocycles. The molecule has 0 spiro atoms. The summed E-state index contributed by atoms with van der Waals surface area (Å²) in [6.45, 7) is 4.13. The lowest BCUT2D eigenvalue weighted by molar-refractivity contribution is -0.121. The summed E-state index contributed by atoms with van der Waals surface area (Å²) in [4.78, 5) is 12.3. The smallest absolute Gasteiger partial charge is 0.250 e. The van der Waals surface area contributed by atoms with Crippen molar-refractivity contribution in [2.75, 3.05) is 11.9 Å². The molecule has 0 aliphatic rings. The Bertz CT molecular complexity index is 1160. The molecule has 1 aromatic carbocycles. The second kappa shape index (κ2) is 8.97. The maximum atomic E-state index is 13.1. The van der Waals surface area contributed by atoms with Crippen LogP contribution in [-0.4, -0.2) is 27.5 Å². The van der Waals surface area contributed by atoms with Crippen molar-refractivity contribution in [2.24, 2.45) is 0 Å². The number of hydrogen-bond acceptors (Lipinski definition) is 6. The fraction of sp³-hybridized carbons (Fsp3) is 0.227. The van der Waals surface area contributed by atoms with Gasteiger partial charge in [0.15, 0.2) is 5.76 Å². The Balaban J connectivity index is 1.31. The first-order chi connectivity index (χ1) is 15.0. The molecule has 0 saturated carbocycles. The SMILES string of the molecule is Cc1nn(Cc2ccc(F)cc2)c(C)c1NC(=O)COCc1cc(-c2ccco2)on1. The summed E-state index contributed by atoms with van der Waals surface area (Å²) in [7, 11) is 0. The van der Waals surface area contributed by atoms with Crippen LogP contribution >= 0.6 is 0 Å². The van der Waals surface area contributed by atoms with E-state index in [1.807, 2.05) is 13.8 Å². The molecule has 4 rings (SSSR count). The van der Waals surface area contributed by atoms with Gasteiger partial charge in [-0.05, 0) is 43.7 Å². The summed E-state index contributed by atoms with van der Waals surface area (Å²) < 4.78 is 30.8. The molecule has 3 aromatic heterocycles. The maximum absolute atomic E-state index is 13.1. The number of nitrogens with zero attached hydrogens (tertiary/aromatic N) is 3. The van der Waals surface area contributed by atoms with Gasteiger partial charge in [0.05, 0.1) is 36.5 Å². The summed E-state index contributed by atoms with van der Waals surface area (Å²) in [6.07, 6.45) is 1.55. The van der Waals surface area contributed by atoms with Crippen LogP contribution in [0.15, 0.2) is 57.7 Å². The standard InChI is InChI=1S/C22H21FN4O4/c1-14-22(15(2)27(25-14)11-16-5-7-17(23)8-6-16)24-21(28)13-29-12-18-10-20(31-26-18)19-4-3-9-30-19/h3-10H,11-13H2,1-2H3,(H,24,28). The van der Waals surface area contributed by atoms with Crippen molar-refractivity contribution in [3.05, 3.63) is 77.2 Å². The highest BCUT2D eigenvalue weighted by Gasteiger charge is 2.15. The maximum Gasteiger partial charge on any atom is 0.250 e. The van der Waals surface area contributed by atoms with Crippen LogP contribution in [0.3, 0.4) is 0 Å². The molecular weight excluding hydrogens is 403 g/mol. The molecule has 1 N–H and O–H groups in total. The number of aryl methyl sites for hydroxylation is 1. The summed E-state index contributed by atoms with van der Waals surface area (Å²) in [5.74, 6) is 0.475. The van der Waals surface area contributed by atoms with Crippen molar-refractivity contribution >= 4 is 11.6 Å². The Morgan fingerprint density at radius 1 is 1.19 bits per heavy atom. The van der Waals surface area contributed by atoms with E-state index in [9.17, 15) is 9.18 Å². The van der Waals surface area contributed by atoms with E-state index in [1.165, 1.54) is 12.1 Å². The van der Waals surface area contributed by atoms with Crippen LogP contribution in [0.25, 0.3) is 11.5 Å². The summed E-state index contributed by atoms with van der Waals surface area (Å²) in [6, 6.07) is 11.5. The molecule has 0 fully saturated rings. The van der Waals surface area contributed by atoms with Gasteiger partial charge in [-0.1, -0.05) is 17.3 Å². The van der Waals surface area contributed by atoms with Gasteiger partial charge in [0, 0.05) is 6.07 Å². The van der Waals surface area contributed by atoms with E-state index in [0.717, 1.165) is 11.3 Å². The molecule has 3 heterocycles. The third-order valence-corrected chi connectivity index (χ3v) is 4.70. The first kappa shape index (κ1) is 20.5. The number of amides is 1. The normalized spacial score (nSPS) is 11.1. The highest BCUT2D eigenvalue weighted by Crippen LogP contribution is 2.22. The van der Waals surface area contributed by atoms with Gasteiger partial charge < -0.3 is 19.0 Å². The zero-order valence-electron chi connectivity index (χ0n) is 17.1. The van der Waals surface area contributed by atoms with Gasteiger partial charge in [0.25, 0.3) is 0 Å². The van der Waals surface area contributed by atoms with Crippen LogP contribution in [-0.2, 0) is 22.7 Å². The van der Waals surface area contributed by atoms with Crippen LogP contribution in [0, 0.1) is 19.7 Å². The topological polar surface area (TPSA) is 95.3 Å². The lowest BCUT2D eigenvalue weighted by Gasteiger charge is -2.07. The van der Waals surface area contributed by atoms with E-state index in [-0.39, 0.29) is 24.9 Å². The van der Waals surface area contributed by atoms with Crippen LogP contribution in [0.1, 0.15) is 22.6 Å². The van der Waals surface area contributed by atoms with Crippen molar-refractivity contribution in [3.63, 3.8) is 0 Å². The number of anilines is 1. The highest BCUT2D eigenvalue weighted by molar-refractivity contribution is 5.92. The molecule has 0 bridgehead atoms. The van der Waals surface area contributed by atoms with Gasteiger partial charge in [0.2, 0.25) is 11.7 Å². The lowest BCUT2D eigenvalue weighted by Crippen LogP contribution is -2.19. The largest absolute Gasteiger partial charge is 0.461 e. The minimum Gasteiger partial charge on any atom is -0.461 e. The Hall–Kier alpha value is -3.72. The number of halogens is 1. The molecule has 9 heteroatoms. The number of rotatable bonds is 8. The van der Waals surface area contributed by atoms with Crippen LogP contribution in [0.5, 0.6) is 0 Å². The van der Waals surface area contributed by atoms with Crippen molar-refractivity contribution in [2.45, 2.75) is 27.0 Å². The van der Waals surface area contributed by atoms with Crippen molar-refractivity contribution in [3.8, 4) is 11.5 Å². The predicted molar refractivity (Wildman–Crippen MR) is 110 cm³/mol. The van der Waals surface area contributed by atoms with Crippen molar-refractivity contribution in [1.29, 1.82) is 0 Å². The third kappa shape index (κ3) is 4.89. The predicted octanol–water partition coefficient (Wildman–Crippen LogP) is 4.09. The van der Waals surface area contributed by atoms with E-state index in [0.29, 0.717) is 35.1 Å². The van der Waals surface area contributed by atoms with E-state index >= 15 is 0 Å². The van der Waals surface area contributed by atoms with E-state index in [1.54, 1.807) is 41.3 Å². The number of hydrogen-bond donors (Lipinski definition) is 1. The fourth-order valence-electron chi connectivity index (χ4n) is 3.13. The molecule has 4 aromatic rings. The molecule has 31 heavy (non-hydrogen) atoms. The first-order valence-corrected chi connectivity index (χ1v) is 9.65. The van der Waals surface area contributed by atoms with E-state index in [4.69, 9.17) is 13.7 Å². The summed E-state index contributed by atoms with van der Waals surface area (Å²) in [5.41, 5.74) is 3.59. The van der Waals surface area contributed by atoms with Crippen LogP contribution in [0.2, 0.25) is 0 Å². The molecule has 160 valence electrons. The Morgan fingerprint density at radius 3 is 2.74 bits per heavy atom. The Kier molecular flexibility index (Phi) is 5.94. The second-order valence-electron chi connectivity index (χ2n) is 7.03. The lowest BCUT2D eigenvalue weighted by atomic mass is 10.2. The molecular formula is C22H21FN4O4. The van der Waals surface area contributed by atoms with Gasteiger partial charge in [-0.25, -0.2) is 4.39 Å². The number of carbonyl (C=O) groups is 1. The molecule has 8 nitrogen and oxygen atoms in total. The summed E-state index contributed by atoms with van der Waals surface area (Å²) >= 11 is 0. The Morgan fingerprint density at radius 2 is 2.00 bits per heavy atom. The average Bonchev–Trinajstić information content (AvgIpc) is 3.48. The summed E-state index contributed by atoms with van der Waals surface area (Å²) in [5, 5.41) is 11.2. The molecule has 0 atom stereocenters. The third-order valence-electron chi connectivity index (χ3n) is 4.70. The van der Waals surface area contributed by atoms with Gasteiger partial charge in [-0.15, -0.1) is 0 Å².